The van der Waals surface area contributed by atoms with Gasteiger partial charge >= 0.3 is 0 Å². The van der Waals surface area contributed by atoms with Crippen molar-refractivity contribution in [3.8, 4) is 5.69 Å². The maximum Gasteiger partial charge on any atom is 0.251 e. The van der Waals surface area contributed by atoms with Crippen molar-refractivity contribution in [3.05, 3.63) is 66.2 Å². The molecule has 32 heavy (non-hydrogen) atoms. The molecule has 2 amide bonds. The van der Waals surface area contributed by atoms with Crippen LogP contribution in [-0.2, 0) is 11.3 Å². The van der Waals surface area contributed by atoms with Gasteiger partial charge in [-0.05, 0) is 42.3 Å². The van der Waals surface area contributed by atoms with E-state index < -0.39 is 6.04 Å². The molecule has 0 bridgehead atoms. The van der Waals surface area contributed by atoms with Crippen molar-refractivity contribution < 1.29 is 9.59 Å². The molecule has 2 heterocycles. The first kappa shape index (κ1) is 22.0. The fourth-order valence-electron chi connectivity index (χ4n) is 3.48. The Bertz CT molecular complexity index is 1080. The number of aromatic nitrogens is 3. The number of nitrogens with two attached hydrogens (primary N) is 1. The van der Waals surface area contributed by atoms with Gasteiger partial charge in [-0.25, -0.2) is 9.67 Å². The van der Waals surface area contributed by atoms with E-state index in [0.29, 0.717) is 24.4 Å². The molecule has 0 spiro atoms. The number of carbonyl (C=O) groups excluding carboxylic acids is 2. The third kappa shape index (κ3) is 4.84. The second kappa shape index (κ2) is 9.97. The Morgan fingerprint density at radius 3 is 2.78 bits per heavy atom. The van der Waals surface area contributed by atoms with E-state index in [1.54, 1.807) is 39.8 Å². The van der Waals surface area contributed by atoms with Gasteiger partial charge < -0.3 is 16.0 Å². The van der Waals surface area contributed by atoms with Gasteiger partial charge in [-0.2, -0.15) is 5.10 Å². The van der Waals surface area contributed by atoms with E-state index in [2.05, 4.69) is 22.3 Å². The van der Waals surface area contributed by atoms with E-state index in [9.17, 15) is 9.59 Å². The summed E-state index contributed by atoms with van der Waals surface area (Å²) in [5.74, 6) is 0.208. The summed E-state index contributed by atoms with van der Waals surface area (Å²) in [4.78, 5) is 32.3. The normalized spacial score (nSPS) is 15.9. The Morgan fingerprint density at radius 2 is 2.06 bits per heavy atom. The summed E-state index contributed by atoms with van der Waals surface area (Å²) in [5.41, 5.74) is 9.25. The maximum atomic E-state index is 13.1. The van der Waals surface area contributed by atoms with Crippen LogP contribution in [0.2, 0.25) is 0 Å². The molecule has 1 aliphatic rings. The van der Waals surface area contributed by atoms with Crippen LogP contribution in [0.1, 0.15) is 35.7 Å². The predicted octanol–water partition coefficient (Wildman–Crippen LogP) is 2.76. The number of rotatable bonds is 7. The highest BCUT2D eigenvalue weighted by Crippen LogP contribution is 2.36. The van der Waals surface area contributed by atoms with Gasteiger partial charge in [-0.3, -0.25) is 9.59 Å². The number of benzene rings is 2. The molecule has 0 unspecified atom stereocenters. The summed E-state index contributed by atoms with van der Waals surface area (Å²) in [6, 6.07) is 12.7. The third-order valence-electron chi connectivity index (χ3n) is 5.29. The van der Waals surface area contributed by atoms with Gasteiger partial charge in [0.15, 0.2) is 0 Å². The van der Waals surface area contributed by atoms with Crippen LogP contribution in [0.25, 0.3) is 5.69 Å². The van der Waals surface area contributed by atoms with Gasteiger partial charge in [0.05, 0.1) is 24.0 Å². The molecular weight excluding hydrogens is 424 g/mol. The van der Waals surface area contributed by atoms with Crippen LogP contribution in [0.5, 0.6) is 0 Å². The van der Waals surface area contributed by atoms with Crippen LogP contribution >= 0.6 is 11.8 Å². The predicted molar refractivity (Wildman–Crippen MR) is 125 cm³/mol. The number of amides is 2. The van der Waals surface area contributed by atoms with Gasteiger partial charge in [0.25, 0.3) is 5.91 Å². The number of hydrogen-bond donors (Lipinski definition) is 2. The lowest BCUT2D eigenvalue weighted by molar-refractivity contribution is -0.119. The quantitative estimate of drug-likeness (QED) is 0.536. The minimum Gasteiger partial charge on any atom is -0.352 e. The summed E-state index contributed by atoms with van der Waals surface area (Å²) in [5, 5.41) is 7.07. The molecule has 9 heteroatoms. The van der Waals surface area contributed by atoms with Crippen LogP contribution in [0.4, 0.5) is 5.69 Å². The van der Waals surface area contributed by atoms with Crippen LogP contribution in [-0.4, -0.2) is 44.9 Å². The van der Waals surface area contributed by atoms with Crippen molar-refractivity contribution in [3.63, 3.8) is 0 Å². The summed E-state index contributed by atoms with van der Waals surface area (Å²) in [6.07, 6.45) is 5.05. The lowest BCUT2D eigenvalue weighted by atomic mass is 10.1. The first-order valence-corrected chi connectivity index (χ1v) is 11.6. The topological polar surface area (TPSA) is 106 Å². The van der Waals surface area contributed by atoms with Gasteiger partial charge in [-0.1, -0.05) is 25.5 Å². The summed E-state index contributed by atoms with van der Waals surface area (Å²) in [6.45, 7) is 3.07. The number of unbranched alkanes of at least 4 members (excludes halogenated alkanes) is 1. The monoisotopic (exact) mass is 450 g/mol. The molecule has 166 valence electrons. The Labute approximate surface area is 191 Å². The van der Waals surface area contributed by atoms with Crippen LogP contribution < -0.4 is 16.0 Å². The Balaban J connectivity index is 1.61. The molecule has 2 aromatic carbocycles. The molecule has 3 N–H and O–H groups in total. The van der Waals surface area contributed by atoms with Crippen molar-refractivity contribution in [1.29, 1.82) is 0 Å². The van der Waals surface area contributed by atoms with Gasteiger partial charge in [0.2, 0.25) is 5.91 Å². The van der Waals surface area contributed by atoms with E-state index >= 15 is 0 Å². The average Bonchev–Trinajstić information content (AvgIpc) is 3.32. The zero-order chi connectivity index (χ0) is 22.5. The van der Waals surface area contributed by atoms with E-state index in [0.717, 1.165) is 34.7 Å². The molecule has 8 nitrogen and oxygen atoms in total. The first-order valence-electron chi connectivity index (χ1n) is 10.6. The minimum absolute atomic E-state index is 0.135. The standard InChI is InChI=1S/C23H26N6O2S/c1-2-3-10-26-22(30)17-6-9-21-20(11-17)28(23(31)19(24)13-32-21)12-16-4-7-18(8-5-16)29-15-25-14-27-29/h4-9,11,14-15,19H,2-3,10,12-13,24H2,1H3,(H,26,30)/t19-/m0/s1. The molecule has 0 aliphatic carbocycles. The van der Waals surface area contributed by atoms with Gasteiger partial charge in [0.1, 0.15) is 12.7 Å². The van der Waals surface area contributed by atoms with Crippen LogP contribution in [0.3, 0.4) is 0 Å². The van der Waals surface area contributed by atoms with Gasteiger partial charge in [0, 0.05) is 22.8 Å². The largest absolute Gasteiger partial charge is 0.352 e. The molecule has 4 rings (SSSR count). The molecule has 3 aromatic rings. The smallest absolute Gasteiger partial charge is 0.251 e. The van der Waals surface area contributed by atoms with Gasteiger partial charge in [-0.15, -0.1) is 11.8 Å². The van der Waals surface area contributed by atoms with E-state index in [-0.39, 0.29) is 11.8 Å². The summed E-state index contributed by atoms with van der Waals surface area (Å²) < 4.78 is 1.67. The highest BCUT2D eigenvalue weighted by Gasteiger charge is 2.29. The number of anilines is 1. The van der Waals surface area contributed by atoms with Crippen molar-refractivity contribution >= 4 is 29.3 Å². The van der Waals surface area contributed by atoms with Crippen molar-refractivity contribution in [2.45, 2.75) is 37.2 Å². The molecule has 1 aromatic heterocycles. The molecule has 0 fully saturated rings. The van der Waals surface area contributed by atoms with E-state index in [1.807, 2.05) is 30.3 Å². The Hall–Kier alpha value is -3.17. The number of fused-ring (bicyclic) bond motifs is 1. The highest BCUT2D eigenvalue weighted by molar-refractivity contribution is 7.99. The zero-order valence-electron chi connectivity index (χ0n) is 17.9. The Kier molecular flexibility index (Phi) is 6.87. The second-order valence-electron chi connectivity index (χ2n) is 7.64. The van der Waals surface area contributed by atoms with Crippen molar-refractivity contribution in [1.82, 2.24) is 20.1 Å². The van der Waals surface area contributed by atoms with Crippen LogP contribution in [0, 0.1) is 0 Å². The maximum absolute atomic E-state index is 13.1. The third-order valence-corrected chi connectivity index (χ3v) is 6.47. The van der Waals surface area contributed by atoms with Crippen molar-refractivity contribution in [2.24, 2.45) is 5.73 Å². The lowest BCUT2D eigenvalue weighted by Gasteiger charge is -2.25. The minimum atomic E-state index is -0.608. The number of hydrogen-bond acceptors (Lipinski definition) is 6. The molecule has 0 saturated heterocycles. The van der Waals surface area contributed by atoms with Crippen LogP contribution in [0.15, 0.2) is 60.0 Å². The summed E-state index contributed by atoms with van der Waals surface area (Å²) in [7, 11) is 0. The molecule has 0 radical (unpaired) electrons. The SMILES string of the molecule is CCCCNC(=O)c1ccc2c(c1)N(Cc1ccc(-n3cncn3)cc1)C(=O)[C@@H](N)CS2. The fraction of sp³-hybridized carbons (Fsp3) is 0.304. The first-order chi connectivity index (χ1) is 15.6. The number of nitrogens with zero attached hydrogens (tertiary/aromatic N) is 4. The molecule has 0 saturated carbocycles. The number of nitrogens with one attached hydrogen (secondary N) is 1. The van der Waals surface area contributed by atoms with E-state index in [1.165, 1.54) is 6.33 Å². The van der Waals surface area contributed by atoms with Crippen molar-refractivity contribution in [2.75, 3.05) is 17.2 Å². The highest BCUT2D eigenvalue weighted by atomic mass is 32.2. The number of thioether (sulfide) groups is 1. The zero-order valence-corrected chi connectivity index (χ0v) is 18.7. The molecular formula is C23H26N6O2S. The molecule has 1 aliphatic heterocycles. The fourth-order valence-corrected chi connectivity index (χ4v) is 4.47. The lowest BCUT2D eigenvalue weighted by Crippen LogP contribution is -2.44. The molecule has 1 atom stereocenters. The summed E-state index contributed by atoms with van der Waals surface area (Å²) >= 11 is 1.54. The second-order valence-corrected chi connectivity index (χ2v) is 8.70. The van der Waals surface area contributed by atoms with E-state index in [4.69, 9.17) is 5.73 Å². The Morgan fingerprint density at radius 1 is 1.25 bits per heavy atom. The average molecular weight is 451 g/mol. The number of carbonyl (C=O) groups is 2.